The highest BCUT2D eigenvalue weighted by atomic mass is 16.1. The van der Waals surface area contributed by atoms with E-state index < -0.39 is 0 Å². The minimum atomic E-state index is -0.328. The lowest BCUT2D eigenvalue weighted by atomic mass is 10.1. The number of pyridine rings is 1. The summed E-state index contributed by atoms with van der Waals surface area (Å²) in [5, 5.41) is 1.04. The molecular formula is C11H11N3O. The highest BCUT2D eigenvalue weighted by Crippen LogP contribution is 2.16. The van der Waals surface area contributed by atoms with Crippen molar-refractivity contribution in [2.24, 2.45) is 5.73 Å². The van der Waals surface area contributed by atoms with Crippen LogP contribution in [0.3, 0.4) is 0 Å². The Morgan fingerprint density at radius 3 is 3.20 bits per heavy atom. The summed E-state index contributed by atoms with van der Waals surface area (Å²) in [6, 6.07) is 3.85. The second-order valence-electron chi connectivity index (χ2n) is 3.21. The molecule has 4 nitrogen and oxygen atoms in total. The zero-order chi connectivity index (χ0) is 10.7. The Morgan fingerprint density at radius 1 is 1.53 bits per heavy atom. The van der Waals surface area contributed by atoms with Crippen LogP contribution in [0.2, 0.25) is 0 Å². The lowest BCUT2D eigenvalue weighted by Crippen LogP contribution is -2.07. The van der Waals surface area contributed by atoms with Crippen molar-refractivity contribution < 1.29 is 4.79 Å². The zero-order valence-corrected chi connectivity index (χ0v) is 8.10. The predicted octanol–water partition coefficient (Wildman–Crippen LogP) is 1.45. The van der Waals surface area contributed by atoms with Crippen LogP contribution in [-0.4, -0.2) is 15.9 Å². The number of nitrogens with one attached hydrogen (secondary N) is 1. The van der Waals surface area contributed by atoms with E-state index in [-0.39, 0.29) is 12.3 Å². The molecule has 15 heavy (non-hydrogen) atoms. The fraction of sp³-hybridized carbons (Fsp3) is 0.0909. The molecule has 76 valence electrons. The summed E-state index contributed by atoms with van der Waals surface area (Å²) in [4.78, 5) is 17.7. The van der Waals surface area contributed by atoms with Crippen LogP contribution in [0.4, 0.5) is 0 Å². The number of fused-ring (bicyclic) bond motifs is 1. The Labute approximate surface area is 86.8 Å². The molecule has 0 aliphatic heterocycles. The van der Waals surface area contributed by atoms with E-state index in [9.17, 15) is 4.79 Å². The Kier molecular flexibility index (Phi) is 2.49. The molecular weight excluding hydrogens is 190 g/mol. The monoisotopic (exact) mass is 201 g/mol. The van der Waals surface area contributed by atoms with Crippen LogP contribution in [0, 0.1) is 0 Å². The van der Waals surface area contributed by atoms with Gasteiger partial charge < -0.3 is 10.7 Å². The SMILES string of the molecule is NC(=O)CC=Cc1ccnc2[nH]ccc12. The van der Waals surface area contributed by atoms with Crippen LogP contribution in [0.15, 0.2) is 30.6 Å². The van der Waals surface area contributed by atoms with Gasteiger partial charge in [0.25, 0.3) is 0 Å². The van der Waals surface area contributed by atoms with Crippen LogP contribution < -0.4 is 5.73 Å². The molecule has 0 saturated carbocycles. The minimum Gasteiger partial charge on any atom is -0.369 e. The third kappa shape index (κ3) is 2.04. The minimum absolute atomic E-state index is 0.258. The van der Waals surface area contributed by atoms with Crippen molar-refractivity contribution in [2.45, 2.75) is 6.42 Å². The van der Waals surface area contributed by atoms with Gasteiger partial charge in [0.1, 0.15) is 5.65 Å². The summed E-state index contributed by atoms with van der Waals surface area (Å²) < 4.78 is 0. The normalized spacial score (nSPS) is 11.2. The fourth-order valence-corrected chi connectivity index (χ4v) is 1.43. The topological polar surface area (TPSA) is 71.8 Å². The molecule has 0 saturated heterocycles. The van der Waals surface area contributed by atoms with Gasteiger partial charge in [-0.25, -0.2) is 4.98 Å². The van der Waals surface area contributed by atoms with Gasteiger partial charge in [-0.15, -0.1) is 0 Å². The molecule has 0 radical (unpaired) electrons. The standard InChI is InChI=1S/C11H11N3O/c12-10(15)3-1-2-8-4-6-13-11-9(8)5-7-14-11/h1-2,4-7H,3H2,(H2,12,15)(H,13,14). The molecule has 0 atom stereocenters. The highest BCUT2D eigenvalue weighted by Gasteiger charge is 1.98. The quantitative estimate of drug-likeness (QED) is 0.788. The van der Waals surface area contributed by atoms with Gasteiger partial charge in [-0.05, 0) is 17.7 Å². The predicted molar refractivity (Wildman–Crippen MR) is 58.9 cm³/mol. The third-order valence-corrected chi connectivity index (χ3v) is 2.11. The summed E-state index contributed by atoms with van der Waals surface area (Å²) in [6.45, 7) is 0. The first-order valence-corrected chi connectivity index (χ1v) is 4.64. The molecule has 0 bridgehead atoms. The number of aromatic amines is 1. The number of hydrogen-bond donors (Lipinski definition) is 2. The number of nitrogens with zero attached hydrogens (tertiary/aromatic N) is 1. The van der Waals surface area contributed by atoms with E-state index >= 15 is 0 Å². The maximum absolute atomic E-state index is 10.6. The van der Waals surface area contributed by atoms with Crippen molar-refractivity contribution in [1.29, 1.82) is 0 Å². The number of primary amides is 1. The van der Waals surface area contributed by atoms with Crippen LogP contribution in [0.25, 0.3) is 17.1 Å². The maximum atomic E-state index is 10.6. The van der Waals surface area contributed by atoms with Gasteiger partial charge in [-0.1, -0.05) is 12.2 Å². The number of amides is 1. The molecule has 3 N–H and O–H groups in total. The van der Waals surface area contributed by atoms with E-state index in [1.165, 1.54) is 0 Å². The molecule has 2 rings (SSSR count). The summed E-state index contributed by atoms with van der Waals surface area (Å²) in [7, 11) is 0. The lowest BCUT2D eigenvalue weighted by molar-refractivity contribution is -0.117. The number of carbonyl (C=O) groups is 1. The molecule has 2 heterocycles. The van der Waals surface area contributed by atoms with Crippen LogP contribution in [0.5, 0.6) is 0 Å². The molecule has 2 aromatic heterocycles. The summed E-state index contributed by atoms with van der Waals surface area (Å²) in [5.41, 5.74) is 6.91. The first kappa shape index (κ1) is 9.45. The van der Waals surface area contributed by atoms with Crippen molar-refractivity contribution in [1.82, 2.24) is 9.97 Å². The first-order chi connectivity index (χ1) is 7.27. The molecule has 0 fully saturated rings. The molecule has 1 amide bonds. The highest BCUT2D eigenvalue weighted by molar-refractivity contribution is 5.86. The Bertz CT molecular complexity index is 513. The van der Waals surface area contributed by atoms with Gasteiger partial charge in [-0.3, -0.25) is 4.79 Å². The molecule has 4 heteroatoms. The van der Waals surface area contributed by atoms with E-state index in [1.807, 2.05) is 24.4 Å². The van der Waals surface area contributed by atoms with Gasteiger partial charge >= 0.3 is 0 Å². The van der Waals surface area contributed by atoms with Crippen molar-refractivity contribution in [3.8, 4) is 0 Å². The summed E-state index contributed by atoms with van der Waals surface area (Å²) in [6.07, 6.45) is 7.45. The van der Waals surface area contributed by atoms with E-state index in [4.69, 9.17) is 5.73 Å². The molecule has 0 aliphatic carbocycles. The molecule has 2 aromatic rings. The molecule has 0 spiro atoms. The van der Waals surface area contributed by atoms with Crippen LogP contribution in [0.1, 0.15) is 12.0 Å². The van der Waals surface area contributed by atoms with Gasteiger partial charge in [0, 0.05) is 24.2 Å². The van der Waals surface area contributed by atoms with Gasteiger partial charge in [0.2, 0.25) is 5.91 Å². The smallest absolute Gasteiger partial charge is 0.221 e. The Balaban J connectivity index is 2.31. The lowest BCUT2D eigenvalue weighted by Gasteiger charge is -1.95. The summed E-state index contributed by atoms with van der Waals surface area (Å²) in [5.74, 6) is -0.328. The van der Waals surface area contributed by atoms with E-state index in [1.54, 1.807) is 12.3 Å². The largest absolute Gasteiger partial charge is 0.369 e. The molecule has 0 aliphatic rings. The third-order valence-electron chi connectivity index (χ3n) is 2.11. The average Bonchev–Trinajstić information content (AvgIpc) is 2.65. The second-order valence-corrected chi connectivity index (χ2v) is 3.21. The molecule has 0 unspecified atom stereocenters. The maximum Gasteiger partial charge on any atom is 0.221 e. The van der Waals surface area contributed by atoms with E-state index in [0.29, 0.717) is 0 Å². The second kappa shape index (κ2) is 3.96. The number of hydrogen-bond acceptors (Lipinski definition) is 2. The van der Waals surface area contributed by atoms with Crippen molar-refractivity contribution in [3.05, 3.63) is 36.2 Å². The average molecular weight is 201 g/mol. The number of H-pyrrole nitrogens is 1. The van der Waals surface area contributed by atoms with Crippen molar-refractivity contribution in [2.75, 3.05) is 0 Å². The first-order valence-electron chi connectivity index (χ1n) is 4.64. The fourth-order valence-electron chi connectivity index (χ4n) is 1.43. The van der Waals surface area contributed by atoms with Crippen molar-refractivity contribution >= 4 is 23.0 Å². The van der Waals surface area contributed by atoms with Crippen molar-refractivity contribution in [3.63, 3.8) is 0 Å². The van der Waals surface area contributed by atoms with E-state index in [2.05, 4.69) is 9.97 Å². The van der Waals surface area contributed by atoms with Crippen LogP contribution >= 0.6 is 0 Å². The Hall–Kier alpha value is -2.10. The molecule has 0 aromatic carbocycles. The van der Waals surface area contributed by atoms with Gasteiger partial charge in [-0.2, -0.15) is 0 Å². The number of aromatic nitrogens is 2. The van der Waals surface area contributed by atoms with Crippen LogP contribution in [-0.2, 0) is 4.79 Å². The number of carbonyl (C=O) groups excluding carboxylic acids is 1. The number of nitrogens with two attached hydrogens (primary N) is 1. The van der Waals surface area contributed by atoms with E-state index in [0.717, 1.165) is 16.6 Å². The van der Waals surface area contributed by atoms with Gasteiger partial charge in [0.05, 0.1) is 0 Å². The summed E-state index contributed by atoms with van der Waals surface area (Å²) >= 11 is 0. The van der Waals surface area contributed by atoms with Gasteiger partial charge in [0.15, 0.2) is 0 Å². The zero-order valence-electron chi connectivity index (χ0n) is 8.10. The Morgan fingerprint density at radius 2 is 2.40 bits per heavy atom. The number of rotatable bonds is 3.